The monoisotopic (exact) mass is 600 g/mol. The van der Waals surface area contributed by atoms with Gasteiger partial charge in [-0.3, -0.25) is 28.7 Å². The van der Waals surface area contributed by atoms with Gasteiger partial charge in [0.2, 0.25) is 17.7 Å². The molecule has 3 aliphatic rings. The van der Waals surface area contributed by atoms with Crippen LogP contribution >= 0.6 is 0 Å². The third kappa shape index (κ3) is 7.30. The van der Waals surface area contributed by atoms with Gasteiger partial charge in [0.05, 0.1) is 6.04 Å². The van der Waals surface area contributed by atoms with Crippen molar-refractivity contribution >= 4 is 29.4 Å². The fraction of sp³-hybridized carbons (Fsp3) is 0.800. The highest BCUT2D eigenvalue weighted by molar-refractivity contribution is 5.97. The summed E-state index contributed by atoms with van der Waals surface area (Å²) in [4.78, 5) is 64.8. The van der Waals surface area contributed by atoms with Crippen LogP contribution < -0.4 is 16.0 Å². The summed E-state index contributed by atoms with van der Waals surface area (Å²) in [5, 5.41) is 6.64. The van der Waals surface area contributed by atoms with E-state index in [4.69, 9.17) is 0 Å². The molecule has 0 aromatic carbocycles. The second-order valence-electron chi connectivity index (χ2n) is 12.4. The molecule has 1 unspecified atom stereocenters. The normalized spacial score (nSPS) is 27.0. The van der Waals surface area contributed by atoms with Gasteiger partial charge in [-0.2, -0.15) is 13.2 Å². The Kier molecular flexibility index (Phi) is 8.79. The molecule has 41 heavy (non-hydrogen) atoms. The number of hydrogen-bond acceptors (Lipinski definition) is 6. The number of likely N-dealkylation sites (tertiary alicyclic amines) is 1. The summed E-state index contributed by atoms with van der Waals surface area (Å²) in [5.41, 5.74) is -1.67. The number of ether oxygens (including phenoxy) is 1. The Hall–Kier alpha value is -2.91. The largest absolute Gasteiger partial charge is 0.522 e. The van der Waals surface area contributed by atoms with Crippen molar-refractivity contribution in [2.75, 3.05) is 19.7 Å². The molecule has 2 aliphatic heterocycles. The van der Waals surface area contributed by atoms with Crippen LogP contribution in [0, 0.1) is 28.6 Å². The lowest BCUT2D eigenvalue weighted by atomic mass is 9.85. The highest BCUT2D eigenvalue weighted by Crippen LogP contribution is 2.65. The molecule has 232 valence electrons. The number of nitrogens with one attached hydrogen (secondary N) is 3. The fourth-order valence-electron chi connectivity index (χ4n) is 5.78. The van der Waals surface area contributed by atoms with Crippen LogP contribution in [0.2, 0.25) is 0 Å². The Morgan fingerprint density at radius 1 is 1.07 bits per heavy atom. The Bertz CT molecular complexity index is 1090. The lowest BCUT2D eigenvalue weighted by Gasteiger charge is -2.38. The summed E-state index contributed by atoms with van der Waals surface area (Å²) in [6.07, 6.45) is -10.4. The van der Waals surface area contributed by atoms with E-state index in [0.717, 1.165) is 4.90 Å². The fourth-order valence-corrected chi connectivity index (χ4v) is 5.78. The average molecular weight is 601 g/mol. The van der Waals surface area contributed by atoms with Crippen molar-refractivity contribution in [3.63, 3.8) is 0 Å². The molecule has 3 fully saturated rings. The van der Waals surface area contributed by atoms with Crippen molar-refractivity contribution in [1.82, 2.24) is 20.9 Å². The molecule has 3 N–H and O–H groups in total. The number of rotatable bonds is 9. The first-order valence-electron chi connectivity index (χ1n) is 13.1. The molecule has 0 aromatic heterocycles. The summed E-state index contributed by atoms with van der Waals surface area (Å²) in [5.74, 6) is -7.25. The van der Waals surface area contributed by atoms with Gasteiger partial charge in [0, 0.05) is 19.0 Å². The lowest BCUT2D eigenvalue weighted by molar-refractivity contribution is -0.321. The number of carbonyl (C=O) groups is 5. The van der Waals surface area contributed by atoms with Gasteiger partial charge >= 0.3 is 18.4 Å². The van der Waals surface area contributed by atoms with Gasteiger partial charge in [-0.25, -0.2) is 0 Å². The third-order valence-electron chi connectivity index (χ3n) is 8.17. The van der Waals surface area contributed by atoms with Crippen molar-refractivity contribution in [1.29, 1.82) is 0 Å². The van der Waals surface area contributed by atoms with Crippen molar-refractivity contribution in [3.05, 3.63) is 0 Å². The summed E-state index contributed by atoms with van der Waals surface area (Å²) >= 11 is 0. The molecular weight excluding hydrogens is 566 g/mol. The van der Waals surface area contributed by atoms with E-state index >= 15 is 0 Å². The van der Waals surface area contributed by atoms with Crippen molar-refractivity contribution in [2.24, 2.45) is 28.6 Å². The second-order valence-corrected chi connectivity index (χ2v) is 12.4. The van der Waals surface area contributed by atoms with Crippen LogP contribution in [0.25, 0.3) is 0 Å². The predicted octanol–water partition coefficient (Wildman–Crippen LogP) is 1.68. The van der Waals surface area contributed by atoms with E-state index in [1.165, 1.54) is 20.8 Å². The molecule has 4 amide bonds. The minimum atomic E-state index is -5.27. The van der Waals surface area contributed by atoms with Crippen LogP contribution in [0.3, 0.4) is 0 Å². The maximum absolute atomic E-state index is 13.6. The Balaban J connectivity index is 1.87. The molecule has 0 aromatic rings. The summed E-state index contributed by atoms with van der Waals surface area (Å²) < 4.78 is 80.5. The first-order chi connectivity index (χ1) is 18.6. The number of alkyl halides is 6. The number of carbonyl (C=O) groups excluding carboxylic acids is 5. The molecule has 6 atom stereocenters. The molecule has 1 aliphatic carbocycles. The average Bonchev–Trinajstić information content (AvgIpc) is 3.17. The van der Waals surface area contributed by atoms with Gasteiger partial charge in [-0.1, -0.05) is 34.6 Å². The standard InChI is InChI=1S/C25H34F6N4O6/c1-22(2,3)17(34-21(40)24(26,27)28)20(39)35-9-12-15(23(12,4)5)16(35)19(38)33-13(8-11-6-7-32-18(11)37)14(36)10-41-25(29,30)31/h11-13,15-17H,6-10H2,1-5H3,(H,32,37)(H,33,38)(H,34,40)/t11-,12-,13-,15?,16-,17+/m0/s1. The van der Waals surface area contributed by atoms with Gasteiger partial charge < -0.3 is 20.9 Å². The molecule has 3 rings (SSSR count). The van der Waals surface area contributed by atoms with Crippen LogP contribution in [0.15, 0.2) is 0 Å². The van der Waals surface area contributed by atoms with E-state index in [2.05, 4.69) is 15.4 Å². The van der Waals surface area contributed by atoms with Crippen molar-refractivity contribution < 1.29 is 55.1 Å². The van der Waals surface area contributed by atoms with E-state index < -0.39 is 89.3 Å². The van der Waals surface area contributed by atoms with E-state index in [1.54, 1.807) is 5.32 Å². The van der Waals surface area contributed by atoms with Crippen molar-refractivity contribution in [3.8, 4) is 0 Å². The first kappa shape index (κ1) is 32.6. The molecule has 1 saturated carbocycles. The molecular formula is C25H34F6N4O6. The number of Topliss-reactive ketones (excluding diaryl/α,β-unsaturated/α-hetero) is 1. The van der Waals surface area contributed by atoms with Gasteiger partial charge in [-0.05, 0) is 35.5 Å². The summed E-state index contributed by atoms with van der Waals surface area (Å²) in [6.45, 7) is 6.77. The highest BCUT2D eigenvalue weighted by atomic mass is 19.4. The highest BCUT2D eigenvalue weighted by Gasteiger charge is 2.70. The minimum Gasteiger partial charge on any atom is -0.356 e. The maximum atomic E-state index is 13.6. The van der Waals surface area contributed by atoms with E-state index in [0.29, 0.717) is 0 Å². The van der Waals surface area contributed by atoms with Gasteiger partial charge in [0.25, 0.3) is 0 Å². The Morgan fingerprint density at radius 2 is 1.68 bits per heavy atom. The number of halogens is 6. The SMILES string of the molecule is CC(C)(C)[C@H](NC(=O)C(F)(F)F)C(=O)N1C[C@H]2C([C@H]1C(=O)N[C@@H](C[C@@H]1CCNC1=O)C(=O)COC(F)(F)F)C2(C)C. The zero-order chi connectivity index (χ0) is 31.3. The molecule has 10 nitrogen and oxygen atoms in total. The third-order valence-corrected chi connectivity index (χ3v) is 8.17. The zero-order valence-electron chi connectivity index (χ0n) is 23.2. The Morgan fingerprint density at radius 3 is 2.17 bits per heavy atom. The smallest absolute Gasteiger partial charge is 0.356 e. The van der Waals surface area contributed by atoms with Gasteiger partial charge in [-0.15, -0.1) is 13.2 Å². The first-order valence-corrected chi connectivity index (χ1v) is 13.1. The minimum absolute atomic E-state index is 0.0239. The predicted molar refractivity (Wildman–Crippen MR) is 128 cm³/mol. The Labute approximate surface area is 232 Å². The number of hydrogen-bond donors (Lipinski definition) is 3. The molecule has 16 heteroatoms. The topological polar surface area (TPSA) is 134 Å². The number of fused-ring (bicyclic) bond motifs is 1. The van der Waals surface area contributed by atoms with Crippen LogP contribution in [0.5, 0.6) is 0 Å². The number of piperidine rings is 1. The van der Waals surface area contributed by atoms with Crippen LogP contribution in [-0.2, 0) is 28.7 Å². The molecule has 2 heterocycles. The number of amides is 4. The van der Waals surface area contributed by atoms with Crippen LogP contribution in [0.1, 0.15) is 47.5 Å². The van der Waals surface area contributed by atoms with Crippen LogP contribution in [0.4, 0.5) is 26.3 Å². The zero-order valence-corrected chi connectivity index (χ0v) is 23.2. The quantitative estimate of drug-likeness (QED) is 0.345. The second kappa shape index (κ2) is 11.1. The molecule has 2 saturated heterocycles. The summed E-state index contributed by atoms with van der Waals surface area (Å²) in [6, 6.07) is -4.53. The van der Waals surface area contributed by atoms with E-state index in [9.17, 15) is 50.3 Å². The van der Waals surface area contributed by atoms with Crippen LogP contribution in [-0.4, -0.2) is 84.7 Å². The van der Waals surface area contributed by atoms with Crippen molar-refractivity contribution in [2.45, 2.75) is 78.1 Å². The number of ketones is 1. The lowest BCUT2D eigenvalue weighted by Crippen LogP contribution is -2.61. The molecule has 0 spiro atoms. The maximum Gasteiger partial charge on any atom is 0.522 e. The summed E-state index contributed by atoms with van der Waals surface area (Å²) in [7, 11) is 0. The molecule has 0 radical (unpaired) electrons. The van der Waals surface area contributed by atoms with Gasteiger partial charge in [0.15, 0.2) is 5.78 Å². The number of nitrogens with zero attached hydrogens (tertiary/aromatic N) is 1. The van der Waals surface area contributed by atoms with E-state index in [-0.39, 0.29) is 31.8 Å². The van der Waals surface area contributed by atoms with Gasteiger partial charge in [0.1, 0.15) is 18.7 Å². The van der Waals surface area contributed by atoms with E-state index in [1.807, 2.05) is 13.8 Å². The molecule has 0 bridgehead atoms.